The molecule has 0 spiro atoms. The minimum Gasteiger partial charge on any atom is -0.338 e. The summed E-state index contributed by atoms with van der Waals surface area (Å²) in [6.07, 6.45) is 0.917. The zero-order chi connectivity index (χ0) is 18.0. The molecule has 1 heterocycles. The summed E-state index contributed by atoms with van der Waals surface area (Å²) < 4.78 is 0. The maximum Gasteiger partial charge on any atom is 0.272 e. The standard InChI is InChI=1S/C22H24N2O/c1-5-15(2)24(4)22(25)21-16(3)20(17-11-7-6-8-12-17)18-13-9-10-14-19(18)23-21/h6-15H,5H2,1-4H3/i4-1. The molecule has 0 saturated heterocycles. The van der Waals surface area contributed by atoms with Crippen LogP contribution >= 0.6 is 0 Å². The molecule has 1 atom stereocenters. The van der Waals surface area contributed by atoms with E-state index in [1.54, 1.807) is 4.90 Å². The molecule has 1 aromatic heterocycles. The van der Waals surface area contributed by atoms with Crippen molar-refractivity contribution in [1.82, 2.24) is 9.88 Å². The Morgan fingerprint density at radius 3 is 2.40 bits per heavy atom. The Hall–Kier alpha value is -2.68. The molecule has 0 bridgehead atoms. The molecule has 0 fully saturated rings. The third-order valence-corrected chi connectivity index (χ3v) is 4.97. The molecule has 2 aromatic carbocycles. The fourth-order valence-corrected chi connectivity index (χ4v) is 3.13. The van der Waals surface area contributed by atoms with E-state index in [2.05, 4.69) is 32.0 Å². The quantitative estimate of drug-likeness (QED) is 0.668. The molecule has 25 heavy (non-hydrogen) atoms. The number of nitrogens with zero attached hydrogens (tertiary/aromatic N) is 2. The van der Waals surface area contributed by atoms with Crippen LogP contribution in [0.5, 0.6) is 0 Å². The summed E-state index contributed by atoms with van der Waals surface area (Å²) >= 11 is 0. The number of benzene rings is 2. The molecule has 1 unspecified atom stereocenters. The second-order valence-corrected chi connectivity index (χ2v) is 6.52. The Bertz CT molecular complexity index is 903. The summed E-state index contributed by atoms with van der Waals surface area (Å²) in [5.41, 5.74) is 4.53. The average molecular weight is 331 g/mol. The molecule has 0 saturated carbocycles. The third-order valence-electron chi connectivity index (χ3n) is 4.97. The molecule has 0 aliphatic rings. The highest BCUT2D eigenvalue weighted by molar-refractivity contribution is 6.03. The van der Waals surface area contributed by atoms with E-state index >= 15 is 0 Å². The lowest BCUT2D eigenvalue weighted by Crippen LogP contribution is -2.35. The van der Waals surface area contributed by atoms with Crippen molar-refractivity contribution in [3.8, 4) is 11.1 Å². The Balaban J connectivity index is 2.25. The van der Waals surface area contributed by atoms with Crippen molar-refractivity contribution in [2.45, 2.75) is 33.2 Å². The van der Waals surface area contributed by atoms with Gasteiger partial charge in [0.25, 0.3) is 5.91 Å². The van der Waals surface area contributed by atoms with E-state index in [1.807, 2.05) is 50.4 Å². The van der Waals surface area contributed by atoms with Crippen molar-refractivity contribution < 1.29 is 4.79 Å². The van der Waals surface area contributed by atoms with Crippen molar-refractivity contribution in [3.05, 3.63) is 65.9 Å². The first-order chi connectivity index (χ1) is 12.0. The van der Waals surface area contributed by atoms with Crippen LogP contribution in [0.15, 0.2) is 54.6 Å². The highest BCUT2D eigenvalue weighted by Crippen LogP contribution is 2.33. The fourth-order valence-electron chi connectivity index (χ4n) is 3.13. The number of para-hydroxylation sites is 1. The maximum atomic E-state index is 13.1. The predicted octanol–water partition coefficient (Wildman–Crippen LogP) is 5.08. The van der Waals surface area contributed by atoms with Crippen LogP contribution in [0.4, 0.5) is 0 Å². The monoisotopic (exact) mass is 331 g/mol. The van der Waals surface area contributed by atoms with Gasteiger partial charge in [-0.2, -0.15) is 0 Å². The lowest BCUT2D eigenvalue weighted by molar-refractivity contribution is 0.0734. The van der Waals surface area contributed by atoms with Crippen LogP contribution < -0.4 is 0 Å². The first-order valence-corrected chi connectivity index (χ1v) is 8.76. The van der Waals surface area contributed by atoms with Crippen molar-refractivity contribution in [2.75, 3.05) is 7.05 Å². The first-order valence-electron chi connectivity index (χ1n) is 8.76. The summed E-state index contributed by atoms with van der Waals surface area (Å²) in [4.78, 5) is 19.6. The summed E-state index contributed by atoms with van der Waals surface area (Å²) in [5.74, 6) is -0.0187. The number of hydrogen-bond donors (Lipinski definition) is 0. The van der Waals surface area contributed by atoms with Gasteiger partial charge in [-0.3, -0.25) is 4.79 Å². The second-order valence-electron chi connectivity index (χ2n) is 6.52. The third kappa shape index (κ3) is 3.14. The molecule has 128 valence electrons. The number of amides is 1. The van der Waals surface area contributed by atoms with E-state index in [0.717, 1.165) is 34.0 Å². The summed E-state index contributed by atoms with van der Waals surface area (Å²) in [5, 5.41) is 1.08. The van der Waals surface area contributed by atoms with Gasteiger partial charge < -0.3 is 4.90 Å². The van der Waals surface area contributed by atoms with Gasteiger partial charge in [-0.1, -0.05) is 55.5 Å². The molecule has 0 aliphatic heterocycles. The van der Waals surface area contributed by atoms with Crippen LogP contribution in [0.3, 0.4) is 0 Å². The SMILES string of the molecule is CCC(C)N([11CH3])C(=O)c1nc2ccccc2c(-c2ccccc2)c1C. The van der Waals surface area contributed by atoms with Gasteiger partial charge in [-0.15, -0.1) is 0 Å². The van der Waals surface area contributed by atoms with E-state index in [0.29, 0.717) is 5.69 Å². The van der Waals surface area contributed by atoms with Crippen LogP contribution in [-0.4, -0.2) is 28.9 Å². The molecule has 0 radical (unpaired) electrons. The van der Waals surface area contributed by atoms with E-state index in [9.17, 15) is 4.79 Å². The summed E-state index contributed by atoms with van der Waals surface area (Å²) in [6.45, 7) is 6.15. The van der Waals surface area contributed by atoms with Crippen molar-refractivity contribution in [2.24, 2.45) is 0 Å². The van der Waals surface area contributed by atoms with Crippen molar-refractivity contribution in [3.63, 3.8) is 0 Å². The number of aromatic nitrogens is 1. The number of carbonyl (C=O) groups excluding carboxylic acids is 1. The summed E-state index contributed by atoms with van der Waals surface area (Å²) in [6, 6.07) is 18.4. The maximum absolute atomic E-state index is 13.1. The van der Waals surface area contributed by atoms with Crippen LogP contribution in [-0.2, 0) is 0 Å². The highest BCUT2D eigenvalue weighted by Gasteiger charge is 2.23. The van der Waals surface area contributed by atoms with Crippen LogP contribution in [0.25, 0.3) is 22.0 Å². The van der Waals surface area contributed by atoms with Crippen LogP contribution in [0.1, 0.15) is 36.3 Å². The Morgan fingerprint density at radius 1 is 1.08 bits per heavy atom. The lowest BCUT2D eigenvalue weighted by Gasteiger charge is -2.25. The van der Waals surface area contributed by atoms with E-state index in [1.165, 1.54) is 0 Å². The average Bonchev–Trinajstić information content (AvgIpc) is 2.66. The number of carbonyl (C=O) groups is 1. The fraction of sp³-hybridized carbons (Fsp3) is 0.273. The second kappa shape index (κ2) is 7.06. The van der Waals surface area contributed by atoms with Gasteiger partial charge in [0.1, 0.15) is 5.69 Å². The molecule has 0 aliphatic carbocycles. The smallest absolute Gasteiger partial charge is 0.272 e. The number of rotatable bonds is 4. The normalized spacial score (nSPS) is 12.2. The topological polar surface area (TPSA) is 33.2 Å². The number of hydrogen-bond acceptors (Lipinski definition) is 2. The largest absolute Gasteiger partial charge is 0.338 e. The van der Waals surface area contributed by atoms with Crippen molar-refractivity contribution >= 4 is 16.8 Å². The Morgan fingerprint density at radius 2 is 1.72 bits per heavy atom. The molecule has 1 amide bonds. The van der Waals surface area contributed by atoms with Gasteiger partial charge in [0.2, 0.25) is 0 Å². The summed E-state index contributed by atoms with van der Waals surface area (Å²) in [7, 11) is 1.86. The molecule has 0 N–H and O–H groups in total. The van der Waals surface area contributed by atoms with Crippen LogP contribution in [0.2, 0.25) is 0 Å². The van der Waals surface area contributed by atoms with Gasteiger partial charge in [-0.05, 0) is 43.0 Å². The predicted molar refractivity (Wildman–Crippen MR) is 104 cm³/mol. The molecule has 3 aromatic rings. The van der Waals surface area contributed by atoms with Crippen molar-refractivity contribution in [1.29, 1.82) is 0 Å². The minimum absolute atomic E-state index is 0.0187. The van der Waals surface area contributed by atoms with E-state index in [4.69, 9.17) is 4.98 Å². The molecule has 3 heteroatoms. The zero-order valence-corrected chi connectivity index (χ0v) is 15.3. The van der Waals surface area contributed by atoms with Crippen LogP contribution in [0, 0.1) is 6.92 Å². The van der Waals surface area contributed by atoms with E-state index < -0.39 is 0 Å². The van der Waals surface area contributed by atoms with Gasteiger partial charge in [-0.25, -0.2) is 4.98 Å². The first kappa shape index (κ1) is 17.2. The zero-order valence-electron chi connectivity index (χ0n) is 15.3. The minimum atomic E-state index is -0.0187. The highest BCUT2D eigenvalue weighted by atomic mass is 16.2. The Kier molecular flexibility index (Phi) is 4.84. The Labute approximate surface area is 149 Å². The van der Waals surface area contributed by atoms with Gasteiger partial charge >= 0.3 is 0 Å². The van der Waals surface area contributed by atoms with E-state index in [-0.39, 0.29) is 11.9 Å². The number of pyridine rings is 1. The molecule has 3 nitrogen and oxygen atoms in total. The lowest BCUT2D eigenvalue weighted by atomic mass is 9.94. The van der Waals surface area contributed by atoms with Gasteiger partial charge in [0, 0.05) is 18.5 Å². The van der Waals surface area contributed by atoms with Gasteiger partial charge in [0.15, 0.2) is 0 Å². The number of fused-ring (bicyclic) bond motifs is 1. The van der Waals surface area contributed by atoms with Gasteiger partial charge in [0.05, 0.1) is 5.52 Å². The molecular weight excluding hydrogens is 307 g/mol. The molecular formula is C22H24N2O. The molecule has 3 rings (SSSR count).